The van der Waals surface area contributed by atoms with Gasteiger partial charge in [-0.2, -0.15) is 13.2 Å². The molecular weight excluding hydrogens is 304 g/mol. The number of rotatable bonds is 5. The number of ether oxygens (including phenoxy) is 1. The average Bonchev–Trinajstić information content (AvgIpc) is 2.45. The molecule has 7 heteroatoms. The molecule has 0 saturated heterocycles. The lowest BCUT2D eigenvalue weighted by atomic mass is 9.86. The molecule has 124 valence electrons. The molecule has 2 unspecified atom stereocenters. The number of allylic oxidation sites excluding steroid dienone is 1. The summed E-state index contributed by atoms with van der Waals surface area (Å²) in [6.45, 7) is 2.80. The maximum atomic E-state index is 13.5. The van der Waals surface area contributed by atoms with Crippen molar-refractivity contribution in [2.75, 3.05) is 7.11 Å². The smallest absolute Gasteiger partial charge is 0.420 e. The fourth-order valence-corrected chi connectivity index (χ4v) is 2.11. The van der Waals surface area contributed by atoms with Crippen LogP contribution in [0.3, 0.4) is 0 Å². The van der Waals surface area contributed by atoms with Gasteiger partial charge < -0.3 is 14.9 Å². The van der Waals surface area contributed by atoms with Crippen LogP contribution in [0.25, 0.3) is 0 Å². The average molecular weight is 322 g/mol. The van der Waals surface area contributed by atoms with E-state index in [9.17, 15) is 27.8 Å². The monoisotopic (exact) mass is 322 g/mol. The third-order valence-corrected chi connectivity index (χ3v) is 3.48. The van der Waals surface area contributed by atoms with E-state index in [0.717, 1.165) is 25.3 Å². The van der Waals surface area contributed by atoms with Crippen LogP contribution in [0.2, 0.25) is 0 Å². The van der Waals surface area contributed by atoms with Crippen molar-refractivity contribution in [2.24, 2.45) is 0 Å². The number of hydrogen-bond donors (Lipinski definition) is 2. The van der Waals surface area contributed by atoms with Crippen LogP contribution in [-0.4, -0.2) is 29.1 Å². The van der Waals surface area contributed by atoms with Gasteiger partial charge in [-0.1, -0.05) is 12.2 Å². The molecule has 0 bridgehead atoms. The van der Waals surface area contributed by atoms with Gasteiger partial charge in [0.25, 0.3) is 0 Å². The molecular formula is C15H18F4O3. The van der Waals surface area contributed by atoms with E-state index in [1.54, 1.807) is 0 Å². The van der Waals surface area contributed by atoms with E-state index in [4.69, 9.17) is 4.74 Å². The summed E-state index contributed by atoms with van der Waals surface area (Å²) in [6.07, 6.45) is -5.82. The van der Waals surface area contributed by atoms with Crippen molar-refractivity contribution in [3.63, 3.8) is 0 Å². The SMILES string of the molecule is C/C=C/CC(O)(C(O)c1ccc(F)c(C)c1OC)C(F)(F)F. The number of aliphatic hydroxyl groups is 2. The maximum absolute atomic E-state index is 13.5. The number of halogens is 4. The second-order valence-electron chi connectivity index (χ2n) is 4.89. The van der Waals surface area contributed by atoms with Gasteiger partial charge in [0, 0.05) is 17.5 Å². The molecule has 0 heterocycles. The molecule has 0 aromatic heterocycles. The highest BCUT2D eigenvalue weighted by atomic mass is 19.4. The van der Waals surface area contributed by atoms with Gasteiger partial charge in [0.15, 0.2) is 5.60 Å². The fraction of sp³-hybridized carbons (Fsp3) is 0.467. The van der Waals surface area contributed by atoms with E-state index in [1.807, 2.05) is 0 Å². The highest BCUT2D eigenvalue weighted by molar-refractivity contribution is 5.44. The predicted octanol–water partition coefficient (Wildman–Crippen LogP) is 3.44. The van der Waals surface area contributed by atoms with E-state index in [-0.39, 0.29) is 16.9 Å². The Balaban J connectivity index is 3.43. The standard InChI is InChI=1S/C15H18F4O3/c1-4-5-8-14(21,15(17,18)19)13(20)10-6-7-11(16)9(2)12(10)22-3/h4-7,13,20-21H,8H2,1-3H3/b5-4+. The molecule has 0 saturated carbocycles. The van der Waals surface area contributed by atoms with E-state index in [2.05, 4.69) is 0 Å². The summed E-state index contributed by atoms with van der Waals surface area (Å²) in [5.74, 6) is -0.910. The van der Waals surface area contributed by atoms with Crippen molar-refractivity contribution in [2.45, 2.75) is 38.1 Å². The van der Waals surface area contributed by atoms with Gasteiger partial charge in [-0.05, 0) is 26.0 Å². The lowest BCUT2D eigenvalue weighted by Crippen LogP contribution is -2.50. The Morgan fingerprint density at radius 1 is 1.32 bits per heavy atom. The molecule has 22 heavy (non-hydrogen) atoms. The zero-order chi connectivity index (χ0) is 17.1. The summed E-state index contributed by atoms with van der Waals surface area (Å²) in [7, 11) is 1.15. The van der Waals surface area contributed by atoms with E-state index in [0.29, 0.717) is 0 Å². The highest BCUT2D eigenvalue weighted by Crippen LogP contribution is 2.45. The van der Waals surface area contributed by atoms with E-state index in [1.165, 1.54) is 19.9 Å². The van der Waals surface area contributed by atoms with Crippen molar-refractivity contribution in [3.8, 4) is 5.75 Å². The van der Waals surface area contributed by atoms with Gasteiger partial charge in [-0.15, -0.1) is 0 Å². The minimum absolute atomic E-state index is 0.0467. The van der Waals surface area contributed by atoms with Gasteiger partial charge in [-0.3, -0.25) is 0 Å². The maximum Gasteiger partial charge on any atom is 0.420 e. The minimum Gasteiger partial charge on any atom is -0.496 e. The van der Waals surface area contributed by atoms with Crippen LogP contribution in [0.5, 0.6) is 5.75 Å². The van der Waals surface area contributed by atoms with Crippen molar-refractivity contribution in [1.82, 2.24) is 0 Å². The van der Waals surface area contributed by atoms with Gasteiger partial charge in [0.2, 0.25) is 0 Å². The summed E-state index contributed by atoms with van der Waals surface area (Å²) < 4.78 is 58.0. The van der Waals surface area contributed by atoms with Crippen molar-refractivity contribution in [1.29, 1.82) is 0 Å². The van der Waals surface area contributed by atoms with Crippen LogP contribution in [0.1, 0.15) is 30.6 Å². The molecule has 1 rings (SSSR count). The number of benzene rings is 1. The normalized spacial score (nSPS) is 16.6. The summed E-state index contributed by atoms with van der Waals surface area (Å²) in [5.41, 5.74) is -3.78. The number of methoxy groups -OCH3 is 1. The Morgan fingerprint density at radius 3 is 2.36 bits per heavy atom. The van der Waals surface area contributed by atoms with Crippen molar-refractivity contribution < 1.29 is 32.5 Å². The zero-order valence-corrected chi connectivity index (χ0v) is 12.4. The first-order valence-electron chi connectivity index (χ1n) is 6.51. The third-order valence-electron chi connectivity index (χ3n) is 3.48. The molecule has 1 aromatic carbocycles. The molecule has 0 aliphatic rings. The summed E-state index contributed by atoms with van der Waals surface area (Å²) >= 11 is 0. The van der Waals surface area contributed by atoms with Gasteiger partial charge in [-0.25, -0.2) is 4.39 Å². The van der Waals surface area contributed by atoms with Crippen LogP contribution in [0.4, 0.5) is 17.6 Å². The Kier molecular flexibility index (Phi) is 5.59. The zero-order valence-electron chi connectivity index (χ0n) is 12.4. The van der Waals surface area contributed by atoms with Crippen LogP contribution in [0.15, 0.2) is 24.3 Å². The number of hydrogen-bond acceptors (Lipinski definition) is 3. The van der Waals surface area contributed by atoms with Crippen molar-refractivity contribution >= 4 is 0 Å². The summed E-state index contributed by atoms with van der Waals surface area (Å²) in [6, 6.07) is 1.89. The Bertz CT molecular complexity index is 554. The molecule has 0 fully saturated rings. The first-order valence-corrected chi connectivity index (χ1v) is 6.51. The van der Waals surface area contributed by atoms with Crippen LogP contribution in [-0.2, 0) is 0 Å². The second kappa shape index (κ2) is 6.66. The lowest BCUT2D eigenvalue weighted by molar-refractivity contribution is -0.291. The second-order valence-corrected chi connectivity index (χ2v) is 4.89. The van der Waals surface area contributed by atoms with Gasteiger partial charge in [0.05, 0.1) is 7.11 Å². The first-order chi connectivity index (χ1) is 10.1. The van der Waals surface area contributed by atoms with Crippen LogP contribution >= 0.6 is 0 Å². The quantitative estimate of drug-likeness (QED) is 0.645. The van der Waals surface area contributed by atoms with Gasteiger partial charge >= 0.3 is 6.18 Å². The highest BCUT2D eigenvalue weighted by Gasteiger charge is 2.58. The fourth-order valence-electron chi connectivity index (χ4n) is 2.11. The first kappa shape index (κ1) is 18.4. The van der Waals surface area contributed by atoms with Crippen LogP contribution in [0, 0.1) is 12.7 Å². The lowest BCUT2D eigenvalue weighted by Gasteiger charge is -2.35. The van der Waals surface area contributed by atoms with Gasteiger partial charge in [0.1, 0.15) is 17.7 Å². The Hall–Kier alpha value is -1.60. The Labute approximate surface area is 125 Å². The predicted molar refractivity (Wildman–Crippen MR) is 73.1 cm³/mol. The van der Waals surface area contributed by atoms with Crippen molar-refractivity contribution in [3.05, 3.63) is 41.2 Å². The number of aliphatic hydroxyl groups excluding tert-OH is 1. The molecule has 2 atom stereocenters. The van der Waals surface area contributed by atoms with E-state index < -0.39 is 30.1 Å². The molecule has 0 amide bonds. The molecule has 1 aromatic rings. The topological polar surface area (TPSA) is 49.7 Å². The summed E-state index contributed by atoms with van der Waals surface area (Å²) in [4.78, 5) is 0. The largest absolute Gasteiger partial charge is 0.496 e. The Morgan fingerprint density at radius 2 is 1.91 bits per heavy atom. The minimum atomic E-state index is -5.08. The third kappa shape index (κ3) is 3.25. The number of alkyl halides is 3. The summed E-state index contributed by atoms with van der Waals surface area (Å²) in [5, 5.41) is 20.1. The molecule has 0 radical (unpaired) electrons. The molecule has 0 aliphatic carbocycles. The molecule has 0 spiro atoms. The molecule has 0 aliphatic heterocycles. The van der Waals surface area contributed by atoms with Crippen LogP contribution < -0.4 is 4.74 Å². The van der Waals surface area contributed by atoms with E-state index >= 15 is 0 Å². The molecule has 3 nitrogen and oxygen atoms in total. The molecule has 2 N–H and O–H groups in total.